The highest BCUT2D eigenvalue weighted by Crippen LogP contribution is 2.23. The monoisotopic (exact) mass is 283 g/mol. The van der Waals surface area contributed by atoms with Crippen LogP contribution < -0.4 is 0 Å². The molecule has 0 bridgehead atoms. The molecule has 1 fully saturated rings. The number of benzene rings is 1. The quantitative estimate of drug-likeness (QED) is 0.481. The first kappa shape index (κ1) is 14.4. The molecule has 1 aliphatic rings. The highest BCUT2D eigenvalue weighted by molar-refractivity contribution is 5.89. The van der Waals surface area contributed by atoms with E-state index in [-0.39, 0.29) is 24.3 Å². The van der Waals surface area contributed by atoms with Crippen molar-refractivity contribution in [2.45, 2.75) is 31.7 Å². The standard InChI is InChI=1S/C13H14FNO5/c1-8-12(14)6-11(20-8)7-19-13(16)9-2-4-10(5-3-9)15(17)18/h2-5,8,11-12H,6-7H2,1H3. The molecule has 108 valence electrons. The maximum atomic E-state index is 13.2. The van der Waals surface area contributed by atoms with E-state index >= 15 is 0 Å². The lowest BCUT2D eigenvalue weighted by Gasteiger charge is -2.11. The van der Waals surface area contributed by atoms with Crippen LogP contribution >= 0.6 is 0 Å². The minimum absolute atomic E-state index is 0.0272. The van der Waals surface area contributed by atoms with Gasteiger partial charge in [0.25, 0.3) is 5.69 Å². The van der Waals surface area contributed by atoms with E-state index in [2.05, 4.69) is 0 Å². The average Bonchev–Trinajstić information content (AvgIpc) is 2.75. The molecule has 1 aromatic carbocycles. The van der Waals surface area contributed by atoms with E-state index in [1.807, 2.05) is 0 Å². The highest BCUT2D eigenvalue weighted by Gasteiger charge is 2.32. The molecule has 0 N–H and O–H groups in total. The predicted molar refractivity (Wildman–Crippen MR) is 67.2 cm³/mol. The number of esters is 1. The largest absolute Gasteiger partial charge is 0.459 e. The summed E-state index contributed by atoms with van der Waals surface area (Å²) in [7, 11) is 0. The van der Waals surface area contributed by atoms with Crippen molar-refractivity contribution < 1.29 is 23.6 Å². The molecule has 3 atom stereocenters. The lowest BCUT2D eigenvalue weighted by molar-refractivity contribution is -0.384. The molecule has 0 aliphatic carbocycles. The lowest BCUT2D eigenvalue weighted by atomic mass is 10.2. The van der Waals surface area contributed by atoms with E-state index < -0.39 is 29.3 Å². The van der Waals surface area contributed by atoms with Gasteiger partial charge in [0.1, 0.15) is 12.8 Å². The number of nitro benzene ring substituents is 1. The smallest absolute Gasteiger partial charge is 0.338 e. The van der Waals surface area contributed by atoms with Gasteiger partial charge in [0, 0.05) is 18.6 Å². The number of ether oxygens (including phenoxy) is 2. The van der Waals surface area contributed by atoms with E-state index in [0.29, 0.717) is 0 Å². The summed E-state index contributed by atoms with van der Waals surface area (Å²) in [5.41, 5.74) is 0.105. The number of carbonyl (C=O) groups is 1. The van der Waals surface area contributed by atoms with Gasteiger partial charge in [-0.15, -0.1) is 0 Å². The molecule has 1 aliphatic heterocycles. The summed E-state index contributed by atoms with van der Waals surface area (Å²) in [6, 6.07) is 5.08. The molecule has 1 heterocycles. The number of rotatable bonds is 4. The van der Waals surface area contributed by atoms with E-state index in [4.69, 9.17) is 9.47 Å². The van der Waals surface area contributed by atoms with Crippen molar-refractivity contribution in [2.24, 2.45) is 0 Å². The maximum absolute atomic E-state index is 13.2. The summed E-state index contributed by atoms with van der Waals surface area (Å²) in [5.74, 6) is -0.613. The van der Waals surface area contributed by atoms with Crippen molar-refractivity contribution in [3.05, 3.63) is 39.9 Å². The van der Waals surface area contributed by atoms with Crippen molar-refractivity contribution in [1.82, 2.24) is 0 Å². The first-order chi connectivity index (χ1) is 9.47. The number of alkyl halides is 1. The first-order valence-electron chi connectivity index (χ1n) is 6.18. The summed E-state index contributed by atoms with van der Waals surface area (Å²) in [6.07, 6.45) is -1.77. The fraction of sp³-hybridized carbons (Fsp3) is 0.462. The second-order valence-electron chi connectivity index (χ2n) is 4.62. The van der Waals surface area contributed by atoms with E-state index in [0.717, 1.165) is 0 Å². The molecule has 0 amide bonds. The Kier molecular flexibility index (Phi) is 4.29. The molecular formula is C13H14FNO5. The summed E-state index contributed by atoms with van der Waals surface area (Å²) in [4.78, 5) is 21.6. The molecule has 2 rings (SSSR count). The number of nitrogens with zero attached hydrogens (tertiary/aromatic N) is 1. The Bertz CT molecular complexity index is 494. The van der Waals surface area contributed by atoms with Gasteiger partial charge in [-0.25, -0.2) is 9.18 Å². The van der Waals surface area contributed by atoms with E-state index in [1.54, 1.807) is 6.92 Å². The molecular weight excluding hydrogens is 269 g/mol. The summed E-state index contributed by atoms with van der Waals surface area (Å²) in [6.45, 7) is 1.60. The lowest BCUT2D eigenvalue weighted by Crippen LogP contribution is -2.19. The second kappa shape index (κ2) is 5.96. The molecule has 6 nitrogen and oxygen atoms in total. The number of non-ortho nitro benzene ring substituents is 1. The number of hydrogen-bond donors (Lipinski definition) is 0. The van der Waals surface area contributed by atoms with Crippen LogP contribution in [0.15, 0.2) is 24.3 Å². The van der Waals surface area contributed by atoms with Gasteiger partial charge in [-0.1, -0.05) is 0 Å². The molecule has 0 spiro atoms. The third-order valence-electron chi connectivity index (χ3n) is 3.12. The third-order valence-corrected chi connectivity index (χ3v) is 3.12. The predicted octanol–water partition coefficient (Wildman–Crippen LogP) is 2.27. The number of nitro groups is 1. The Labute approximate surface area is 114 Å². The zero-order valence-corrected chi connectivity index (χ0v) is 10.8. The first-order valence-corrected chi connectivity index (χ1v) is 6.18. The van der Waals surface area contributed by atoms with Crippen molar-refractivity contribution in [3.63, 3.8) is 0 Å². The topological polar surface area (TPSA) is 78.7 Å². The molecule has 3 unspecified atom stereocenters. The fourth-order valence-electron chi connectivity index (χ4n) is 1.97. The molecule has 1 saturated heterocycles. The average molecular weight is 283 g/mol. The van der Waals surface area contributed by atoms with Crippen LogP contribution in [-0.2, 0) is 9.47 Å². The van der Waals surface area contributed by atoms with Crippen molar-refractivity contribution in [2.75, 3.05) is 6.61 Å². The molecule has 0 radical (unpaired) electrons. The molecule has 1 aromatic rings. The van der Waals surface area contributed by atoms with Gasteiger partial charge in [0.15, 0.2) is 0 Å². The van der Waals surface area contributed by atoms with Crippen LogP contribution in [-0.4, -0.2) is 35.9 Å². The Morgan fingerprint density at radius 3 is 2.65 bits per heavy atom. The summed E-state index contributed by atoms with van der Waals surface area (Å²) >= 11 is 0. The van der Waals surface area contributed by atoms with Gasteiger partial charge in [0.05, 0.1) is 22.7 Å². The minimum Gasteiger partial charge on any atom is -0.459 e. The van der Waals surface area contributed by atoms with Crippen molar-refractivity contribution in [1.29, 1.82) is 0 Å². The van der Waals surface area contributed by atoms with Gasteiger partial charge in [-0.3, -0.25) is 10.1 Å². The van der Waals surface area contributed by atoms with Crippen molar-refractivity contribution in [3.8, 4) is 0 Å². The number of hydrogen-bond acceptors (Lipinski definition) is 5. The van der Waals surface area contributed by atoms with Gasteiger partial charge in [-0.05, 0) is 19.1 Å². The Morgan fingerprint density at radius 1 is 1.50 bits per heavy atom. The third kappa shape index (κ3) is 3.30. The zero-order chi connectivity index (χ0) is 14.7. The number of halogens is 1. The minimum atomic E-state index is -1.04. The molecule has 0 aromatic heterocycles. The van der Waals surface area contributed by atoms with Crippen LogP contribution in [0.3, 0.4) is 0 Å². The second-order valence-corrected chi connectivity index (χ2v) is 4.62. The van der Waals surface area contributed by atoms with Crippen LogP contribution in [0.4, 0.5) is 10.1 Å². The Balaban J connectivity index is 1.87. The number of carbonyl (C=O) groups excluding carboxylic acids is 1. The summed E-state index contributed by atoms with van der Waals surface area (Å²) in [5, 5.41) is 10.5. The van der Waals surface area contributed by atoms with Crippen LogP contribution in [0.25, 0.3) is 0 Å². The van der Waals surface area contributed by atoms with Crippen LogP contribution in [0.2, 0.25) is 0 Å². The molecule has 7 heteroatoms. The summed E-state index contributed by atoms with van der Waals surface area (Å²) < 4.78 is 23.5. The fourth-order valence-corrected chi connectivity index (χ4v) is 1.97. The van der Waals surface area contributed by atoms with E-state index in [9.17, 15) is 19.3 Å². The van der Waals surface area contributed by atoms with Crippen molar-refractivity contribution >= 4 is 11.7 Å². The Morgan fingerprint density at radius 2 is 2.15 bits per heavy atom. The maximum Gasteiger partial charge on any atom is 0.338 e. The molecule has 0 saturated carbocycles. The van der Waals surface area contributed by atoms with Gasteiger partial charge in [-0.2, -0.15) is 0 Å². The van der Waals surface area contributed by atoms with Crippen LogP contribution in [0.1, 0.15) is 23.7 Å². The van der Waals surface area contributed by atoms with Gasteiger partial charge in [0.2, 0.25) is 0 Å². The van der Waals surface area contributed by atoms with Gasteiger partial charge >= 0.3 is 5.97 Å². The highest BCUT2D eigenvalue weighted by atomic mass is 19.1. The SMILES string of the molecule is CC1OC(COC(=O)c2ccc([N+](=O)[O-])cc2)CC1F. The Hall–Kier alpha value is -2.02. The van der Waals surface area contributed by atoms with Crippen LogP contribution in [0, 0.1) is 10.1 Å². The van der Waals surface area contributed by atoms with Crippen LogP contribution in [0.5, 0.6) is 0 Å². The normalized spacial score (nSPS) is 25.4. The van der Waals surface area contributed by atoms with Gasteiger partial charge < -0.3 is 9.47 Å². The zero-order valence-electron chi connectivity index (χ0n) is 10.8. The van der Waals surface area contributed by atoms with E-state index in [1.165, 1.54) is 24.3 Å². The molecule has 20 heavy (non-hydrogen) atoms.